The van der Waals surface area contributed by atoms with Gasteiger partial charge >= 0.3 is 6.18 Å². The Kier molecular flexibility index (Phi) is 6.77. The summed E-state index contributed by atoms with van der Waals surface area (Å²) in [5.74, 6) is -0.423. The van der Waals surface area contributed by atoms with E-state index < -0.39 is 30.7 Å². The van der Waals surface area contributed by atoms with Crippen molar-refractivity contribution in [3.8, 4) is 10.7 Å². The molecule has 4 atom stereocenters. The van der Waals surface area contributed by atoms with Gasteiger partial charge in [-0.15, -0.1) is 11.3 Å². The molecule has 2 aliphatic heterocycles. The van der Waals surface area contributed by atoms with Crippen LogP contribution >= 0.6 is 11.3 Å². The summed E-state index contributed by atoms with van der Waals surface area (Å²) < 4.78 is 63.8. The van der Waals surface area contributed by atoms with Gasteiger partial charge in [0.15, 0.2) is 0 Å². The smallest absolute Gasteiger partial charge is 0.378 e. The standard InChI is InChI=1S/C26H27F4N7O2S/c1-36-9-8-17(34-36)25(38)31-12-20-33-24(35-39-20)23-15(11-26(28,29)30)14-4-3-5-16(22(14)40-23)32-18-10-13-6-7-19(21(18)27)37(13)2/h3-5,8-9,13,18-19,21,32H,6-7,10-12H2,1-2H3,(H,31,38)/t13-,18-,19+,21-/m1/s1. The first-order chi connectivity index (χ1) is 19.1. The highest BCUT2D eigenvalue weighted by molar-refractivity contribution is 7.23. The van der Waals surface area contributed by atoms with E-state index in [1.54, 1.807) is 37.5 Å². The molecule has 0 saturated carbocycles. The number of alkyl halides is 4. The first kappa shape index (κ1) is 26.7. The third-order valence-electron chi connectivity index (χ3n) is 7.73. The number of amides is 1. The first-order valence-corrected chi connectivity index (χ1v) is 13.7. The van der Waals surface area contributed by atoms with Crippen LogP contribution < -0.4 is 10.6 Å². The van der Waals surface area contributed by atoms with Crippen molar-refractivity contribution in [3.05, 3.63) is 47.6 Å². The number of carbonyl (C=O) groups excluding carboxylic acids is 1. The van der Waals surface area contributed by atoms with Gasteiger partial charge in [0.05, 0.1) is 34.3 Å². The maximum Gasteiger partial charge on any atom is 0.393 e. The molecule has 3 aromatic heterocycles. The summed E-state index contributed by atoms with van der Waals surface area (Å²) >= 11 is 1.11. The highest BCUT2D eigenvalue weighted by Gasteiger charge is 2.46. The maximum atomic E-state index is 15.4. The Hall–Kier alpha value is -3.52. The molecule has 0 unspecified atom stereocenters. The van der Waals surface area contributed by atoms with E-state index in [1.807, 2.05) is 7.05 Å². The van der Waals surface area contributed by atoms with E-state index in [2.05, 4.69) is 30.8 Å². The number of aromatic nitrogens is 4. The number of rotatable bonds is 7. The summed E-state index contributed by atoms with van der Waals surface area (Å²) in [4.78, 5) is 18.9. The van der Waals surface area contributed by atoms with Crippen molar-refractivity contribution in [1.29, 1.82) is 0 Å². The number of aryl methyl sites for hydroxylation is 1. The Morgan fingerprint density at radius 1 is 1.23 bits per heavy atom. The van der Waals surface area contributed by atoms with Crippen molar-refractivity contribution in [2.24, 2.45) is 7.05 Å². The van der Waals surface area contributed by atoms with Crippen molar-refractivity contribution in [1.82, 2.24) is 30.1 Å². The largest absolute Gasteiger partial charge is 0.393 e. The van der Waals surface area contributed by atoms with E-state index >= 15 is 4.39 Å². The molecule has 1 amide bonds. The summed E-state index contributed by atoms with van der Waals surface area (Å²) in [5.41, 5.74) is 0.814. The quantitative estimate of drug-likeness (QED) is 0.307. The van der Waals surface area contributed by atoms with Gasteiger partial charge in [0.2, 0.25) is 11.7 Å². The molecular formula is C26H27F4N7O2S. The Labute approximate surface area is 230 Å². The summed E-state index contributed by atoms with van der Waals surface area (Å²) in [6.45, 7) is -0.120. The Morgan fingerprint density at radius 2 is 2.05 bits per heavy atom. The van der Waals surface area contributed by atoms with Crippen LogP contribution in [0.5, 0.6) is 0 Å². The fourth-order valence-electron chi connectivity index (χ4n) is 5.78. The van der Waals surface area contributed by atoms with Crippen LogP contribution in [0.25, 0.3) is 20.8 Å². The zero-order chi connectivity index (χ0) is 28.2. The van der Waals surface area contributed by atoms with Crippen LogP contribution in [-0.4, -0.2) is 68.2 Å². The highest BCUT2D eigenvalue weighted by Crippen LogP contribution is 2.44. The molecule has 212 valence electrons. The Balaban J connectivity index is 1.29. The van der Waals surface area contributed by atoms with Gasteiger partial charge in [0.25, 0.3) is 5.91 Å². The number of fused-ring (bicyclic) bond motifs is 3. The minimum absolute atomic E-state index is 0.00538. The summed E-state index contributed by atoms with van der Waals surface area (Å²) in [6.07, 6.45) is -2.78. The lowest BCUT2D eigenvalue weighted by molar-refractivity contribution is -0.126. The SMILES string of the molecule is CN1[C@@H]2CC[C@H]1[C@H](F)[C@H](Nc1cccc3c(CC(F)(F)F)c(-c4noc(CNC(=O)c5ccn(C)n5)n4)sc13)C2. The third kappa shape index (κ3) is 5.05. The number of thiophene rings is 1. The van der Waals surface area contributed by atoms with Crippen LogP contribution in [0.4, 0.5) is 23.2 Å². The number of hydrogen-bond acceptors (Lipinski definition) is 8. The van der Waals surface area contributed by atoms with Crippen LogP contribution in [0.1, 0.15) is 41.2 Å². The van der Waals surface area contributed by atoms with E-state index in [1.165, 1.54) is 4.68 Å². The van der Waals surface area contributed by atoms with Crippen LogP contribution in [-0.2, 0) is 20.0 Å². The second-order valence-corrected chi connectivity index (χ2v) is 11.4. The number of nitrogens with zero attached hydrogens (tertiary/aromatic N) is 5. The van der Waals surface area contributed by atoms with Crippen molar-refractivity contribution in [2.45, 2.75) is 62.7 Å². The van der Waals surface area contributed by atoms with Crippen molar-refractivity contribution >= 4 is 33.0 Å². The number of benzene rings is 1. The van der Waals surface area contributed by atoms with Crippen LogP contribution in [0.2, 0.25) is 0 Å². The molecule has 14 heteroatoms. The molecule has 0 radical (unpaired) electrons. The van der Waals surface area contributed by atoms with E-state index in [4.69, 9.17) is 4.52 Å². The van der Waals surface area contributed by atoms with E-state index in [0.717, 1.165) is 24.2 Å². The average molecular weight is 578 g/mol. The second-order valence-electron chi connectivity index (χ2n) is 10.3. The molecule has 2 aliphatic rings. The molecular weight excluding hydrogens is 550 g/mol. The predicted octanol–water partition coefficient (Wildman–Crippen LogP) is 4.70. The fraction of sp³-hybridized carbons (Fsp3) is 0.462. The van der Waals surface area contributed by atoms with Crippen LogP contribution in [0.15, 0.2) is 35.0 Å². The number of hydrogen-bond donors (Lipinski definition) is 2. The molecule has 4 aromatic rings. The van der Waals surface area contributed by atoms with Gasteiger partial charge in [-0.05, 0) is 49.4 Å². The Morgan fingerprint density at radius 3 is 2.80 bits per heavy atom. The number of halogens is 4. The monoisotopic (exact) mass is 577 g/mol. The predicted molar refractivity (Wildman–Crippen MR) is 141 cm³/mol. The highest BCUT2D eigenvalue weighted by atomic mass is 32.1. The van der Waals surface area contributed by atoms with E-state index in [0.29, 0.717) is 22.2 Å². The molecule has 2 fully saturated rings. The van der Waals surface area contributed by atoms with Gasteiger partial charge in [0, 0.05) is 25.3 Å². The maximum absolute atomic E-state index is 15.4. The average Bonchev–Trinajstić information content (AvgIpc) is 3.67. The zero-order valence-corrected chi connectivity index (χ0v) is 22.5. The van der Waals surface area contributed by atoms with Crippen molar-refractivity contribution < 1.29 is 26.9 Å². The van der Waals surface area contributed by atoms with E-state index in [-0.39, 0.29) is 46.5 Å². The minimum Gasteiger partial charge on any atom is -0.378 e. The lowest BCUT2D eigenvalue weighted by Crippen LogP contribution is -2.53. The summed E-state index contributed by atoms with van der Waals surface area (Å²) in [5, 5.41) is 14.3. The molecule has 2 N–H and O–H groups in total. The molecule has 40 heavy (non-hydrogen) atoms. The van der Waals surface area contributed by atoms with E-state index in [9.17, 15) is 18.0 Å². The van der Waals surface area contributed by atoms with Crippen LogP contribution in [0.3, 0.4) is 0 Å². The molecule has 0 aliphatic carbocycles. The van der Waals surface area contributed by atoms with Crippen molar-refractivity contribution in [3.63, 3.8) is 0 Å². The topological polar surface area (TPSA) is 101 Å². The molecule has 5 heterocycles. The second kappa shape index (κ2) is 10.1. The van der Waals surface area contributed by atoms with Gasteiger partial charge < -0.3 is 15.2 Å². The summed E-state index contributed by atoms with van der Waals surface area (Å²) in [7, 11) is 3.63. The number of nitrogens with one attached hydrogen (secondary N) is 2. The number of piperidine rings is 1. The lowest BCUT2D eigenvalue weighted by Gasteiger charge is -2.39. The minimum atomic E-state index is -4.48. The van der Waals surface area contributed by atoms with Gasteiger partial charge in [0.1, 0.15) is 11.9 Å². The molecule has 2 bridgehead atoms. The molecule has 2 saturated heterocycles. The molecule has 9 nitrogen and oxygen atoms in total. The van der Waals surface area contributed by atoms with Gasteiger partial charge in [-0.2, -0.15) is 23.3 Å². The number of anilines is 1. The van der Waals surface area contributed by atoms with Gasteiger partial charge in [-0.1, -0.05) is 17.3 Å². The number of carbonyl (C=O) groups is 1. The normalized spacial score (nSPS) is 23.1. The summed E-state index contributed by atoms with van der Waals surface area (Å²) in [6, 6.07) is 6.29. The first-order valence-electron chi connectivity index (χ1n) is 12.9. The lowest BCUT2D eigenvalue weighted by atomic mass is 9.95. The molecule has 0 spiro atoms. The zero-order valence-electron chi connectivity index (χ0n) is 21.7. The fourth-order valence-corrected chi connectivity index (χ4v) is 7.00. The Bertz CT molecular complexity index is 1550. The molecule has 6 rings (SSSR count). The van der Waals surface area contributed by atoms with Gasteiger partial charge in [-0.3, -0.25) is 14.4 Å². The third-order valence-corrected chi connectivity index (χ3v) is 9.00. The molecule has 1 aromatic carbocycles. The van der Waals surface area contributed by atoms with Crippen molar-refractivity contribution in [2.75, 3.05) is 12.4 Å². The van der Waals surface area contributed by atoms with Crippen LogP contribution in [0, 0.1) is 0 Å². The van der Waals surface area contributed by atoms with Gasteiger partial charge in [-0.25, -0.2) is 4.39 Å².